The second-order valence-electron chi connectivity index (χ2n) is 4.03. The van der Waals surface area contributed by atoms with Crippen molar-refractivity contribution in [1.29, 1.82) is 0 Å². The van der Waals surface area contributed by atoms with E-state index in [9.17, 15) is 9.59 Å². The van der Waals surface area contributed by atoms with Gasteiger partial charge in [0.1, 0.15) is 5.78 Å². The van der Waals surface area contributed by atoms with Crippen LogP contribution in [0.3, 0.4) is 0 Å². The topological polar surface area (TPSA) is 43.4 Å². The summed E-state index contributed by atoms with van der Waals surface area (Å²) >= 11 is 2.35. The van der Waals surface area contributed by atoms with Gasteiger partial charge in [-0.05, 0) is 12.0 Å². The van der Waals surface area contributed by atoms with Crippen LogP contribution in [0.25, 0.3) is 0 Å². The SMILES string of the molecule is COC(=O)CCC(=O)CCC(I)c1ccccc1. The average Bonchev–Trinajstić information content (AvgIpc) is 2.42. The van der Waals surface area contributed by atoms with Crippen molar-refractivity contribution in [2.24, 2.45) is 0 Å². The molecule has 0 aliphatic rings. The summed E-state index contributed by atoms with van der Waals surface area (Å²) in [6, 6.07) is 10.1. The first-order valence-corrected chi connectivity index (χ1v) is 7.15. The zero-order chi connectivity index (χ0) is 13.4. The predicted molar refractivity (Wildman–Crippen MR) is 78.7 cm³/mol. The van der Waals surface area contributed by atoms with E-state index in [1.165, 1.54) is 12.7 Å². The van der Waals surface area contributed by atoms with Crippen LogP contribution in [0.5, 0.6) is 0 Å². The number of Topliss-reactive ketones (excluding diaryl/α,β-unsaturated/α-hetero) is 1. The van der Waals surface area contributed by atoms with Crippen LogP contribution in [0.2, 0.25) is 0 Å². The minimum Gasteiger partial charge on any atom is -0.469 e. The highest BCUT2D eigenvalue weighted by atomic mass is 127. The lowest BCUT2D eigenvalue weighted by Gasteiger charge is -2.09. The summed E-state index contributed by atoms with van der Waals surface area (Å²) in [4.78, 5) is 22.5. The number of halogens is 1. The maximum absolute atomic E-state index is 11.6. The van der Waals surface area contributed by atoms with Gasteiger partial charge >= 0.3 is 5.97 Å². The summed E-state index contributed by atoms with van der Waals surface area (Å²) < 4.78 is 4.84. The molecular weight excluding hydrogens is 343 g/mol. The number of carbonyl (C=O) groups is 2. The fourth-order valence-electron chi connectivity index (χ4n) is 1.58. The molecule has 0 spiro atoms. The third kappa shape index (κ3) is 5.62. The third-order valence-electron chi connectivity index (χ3n) is 2.67. The smallest absolute Gasteiger partial charge is 0.305 e. The van der Waals surface area contributed by atoms with E-state index < -0.39 is 0 Å². The molecule has 1 rings (SSSR count). The molecule has 0 saturated heterocycles. The molecule has 0 heterocycles. The summed E-state index contributed by atoms with van der Waals surface area (Å²) in [6.45, 7) is 0. The number of methoxy groups -OCH3 is 1. The van der Waals surface area contributed by atoms with E-state index in [0.717, 1.165) is 6.42 Å². The average molecular weight is 360 g/mol. The Bertz CT molecular complexity index is 389. The van der Waals surface area contributed by atoms with Gasteiger partial charge in [0.2, 0.25) is 0 Å². The van der Waals surface area contributed by atoms with E-state index in [1.54, 1.807) is 0 Å². The Morgan fingerprint density at radius 3 is 2.44 bits per heavy atom. The Morgan fingerprint density at radius 2 is 1.83 bits per heavy atom. The van der Waals surface area contributed by atoms with Gasteiger partial charge in [0.05, 0.1) is 13.5 Å². The van der Waals surface area contributed by atoms with Crippen molar-refractivity contribution < 1.29 is 14.3 Å². The lowest BCUT2D eigenvalue weighted by Crippen LogP contribution is -2.06. The molecule has 1 aromatic carbocycles. The summed E-state index contributed by atoms with van der Waals surface area (Å²) in [5, 5.41) is 0. The van der Waals surface area contributed by atoms with Gasteiger partial charge in [0.25, 0.3) is 0 Å². The van der Waals surface area contributed by atoms with Gasteiger partial charge in [0, 0.05) is 16.8 Å². The molecule has 1 aromatic rings. The van der Waals surface area contributed by atoms with Crippen LogP contribution in [0, 0.1) is 0 Å². The molecule has 0 N–H and O–H groups in total. The van der Waals surface area contributed by atoms with Crippen LogP contribution in [-0.4, -0.2) is 18.9 Å². The zero-order valence-electron chi connectivity index (χ0n) is 10.4. The van der Waals surface area contributed by atoms with Crippen molar-refractivity contribution >= 4 is 34.3 Å². The molecule has 0 bridgehead atoms. The molecule has 0 fully saturated rings. The number of ether oxygens (including phenoxy) is 1. The Morgan fingerprint density at radius 1 is 1.17 bits per heavy atom. The molecule has 3 nitrogen and oxygen atoms in total. The van der Waals surface area contributed by atoms with E-state index in [1.807, 2.05) is 18.2 Å². The number of rotatable bonds is 7. The number of benzene rings is 1. The van der Waals surface area contributed by atoms with E-state index in [-0.39, 0.29) is 24.6 Å². The molecule has 1 unspecified atom stereocenters. The quantitative estimate of drug-likeness (QED) is 0.425. The molecular formula is C14H17IO3. The number of hydrogen-bond donors (Lipinski definition) is 0. The predicted octanol–water partition coefficient (Wildman–Crippen LogP) is 3.47. The lowest BCUT2D eigenvalue weighted by atomic mass is 10.0. The van der Waals surface area contributed by atoms with Crippen molar-refractivity contribution in [3.05, 3.63) is 35.9 Å². The fraction of sp³-hybridized carbons (Fsp3) is 0.429. The van der Waals surface area contributed by atoms with Gasteiger partial charge in [-0.25, -0.2) is 0 Å². The number of alkyl halides is 1. The number of ketones is 1. The maximum atomic E-state index is 11.6. The third-order valence-corrected chi connectivity index (χ3v) is 4.02. The van der Waals surface area contributed by atoms with Gasteiger partial charge in [-0.15, -0.1) is 0 Å². The van der Waals surface area contributed by atoms with Crippen molar-refractivity contribution in [3.8, 4) is 0 Å². The molecule has 1 atom stereocenters. The first-order chi connectivity index (χ1) is 8.63. The van der Waals surface area contributed by atoms with Crippen molar-refractivity contribution in [3.63, 3.8) is 0 Å². The van der Waals surface area contributed by atoms with E-state index in [2.05, 4.69) is 39.5 Å². The van der Waals surface area contributed by atoms with Crippen LogP contribution < -0.4 is 0 Å². The Balaban J connectivity index is 2.28. The molecule has 0 aliphatic heterocycles. The van der Waals surface area contributed by atoms with Crippen LogP contribution >= 0.6 is 22.6 Å². The van der Waals surface area contributed by atoms with Crippen LogP contribution in [0.4, 0.5) is 0 Å². The molecule has 0 aromatic heterocycles. The highest BCUT2D eigenvalue weighted by molar-refractivity contribution is 14.1. The summed E-state index contributed by atoms with van der Waals surface area (Å²) in [6.07, 6.45) is 1.79. The van der Waals surface area contributed by atoms with Crippen molar-refractivity contribution in [1.82, 2.24) is 0 Å². The van der Waals surface area contributed by atoms with Gasteiger partial charge in [-0.3, -0.25) is 9.59 Å². The number of hydrogen-bond acceptors (Lipinski definition) is 3. The van der Waals surface area contributed by atoms with Crippen LogP contribution in [-0.2, 0) is 14.3 Å². The highest BCUT2D eigenvalue weighted by Gasteiger charge is 2.11. The minimum absolute atomic E-state index is 0.123. The minimum atomic E-state index is -0.322. The van der Waals surface area contributed by atoms with E-state index >= 15 is 0 Å². The van der Waals surface area contributed by atoms with E-state index in [4.69, 9.17) is 0 Å². The maximum Gasteiger partial charge on any atom is 0.305 e. The summed E-state index contributed by atoms with van der Waals surface area (Å²) in [7, 11) is 1.34. The Labute approximate surface area is 121 Å². The molecule has 4 heteroatoms. The summed E-state index contributed by atoms with van der Waals surface area (Å²) in [5.41, 5.74) is 1.24. The van der Waals surface area contributed by atoms with Gasteiger partial charge in [-0.2, -0.15) is 0 Å². The van der Waals surface area contributed by atoms with Crippen molar-refractivity contribution in [2.45, 2.75) is 29.6 Å². The standard InChI is InChI=1S/C14H17IO3/c1-18-14(17)10-8-12(16)7-9-13(15)11-5-3-2-4-6-11/h2-6,13H,7-10H2,1H3. The first-order valence-electron chi connectivity index (χ1n) is 5.91. The second-order valence-corrected chi connectivity index (χ2v) is 5.54. The summed E-state index contributed by atoms with van der Waals surface area (Å²) in [5.74, 6) is -0.199. The van der Waals surface area contributed by atoms with Crippen LogP contribution in [0.1, 0.15) is 35.2 Å². The van der Waals surface area contributed by atoms with Crippen molar-refractivity contribution in [2.75, 3.05) is 7.11 Å². The molecule has 0 amide bonds. The highest BCUT2D eigenvalue weighted by Crippen LogP contribution is 2.28. The van der Waals surface area contributed by atoms with Gasteiger partial charge < -0.3 is 4.74 Å². The molecule has 98 valence electrons. The van der Waals surface area contributed by atoms with E-state index in [0.29, 0.717) is 10.3 Å². The molecule has 0 saturated carbocycles. The Kier molecular flexibility index (Phi) is 6.93. The number of carbonyl (C=O) groups excluding carboxylic acids is 2. The lowest BCUT2D eigenvalue weighted by molar-refractivity contribution is -0.141. The molecule has 18 heavy (non-hydrogen) atoms. The van der Waals surface area contributed by atoms with Gasteiger partial charge in [-0.1, -0.05) is 52.9 Å². The molecule has 0 aliphatic carbocycles. The largest absolute Gasteiger partial charge is 0.469 e. The second kappa shape index (κ2) is 8.24. The number of esters is 1. The van der Waals surface area contributed by atoms with Gasteiger partial charge in [0.15, 0.2) is 0 Å². The zero-order valence-corrected chi connectivity index (χ0v) is 12.6. The molecule has 0 radical (unpaired) electrons. The van der Waals surface area contributed by atoms with Crippen LogP contribution in [0.15, 0.2) is 30.3 Å². The Hall–Kier alpha value is -0.910. The fourth-order valence-corrected chi connectivity index (χ4v) is 2.31. The first kappa shape index (κ1) is 15.1. The monoisotopic (exact) mass is 360 g/mol. The normalized spacial score (nSPS) is 11.9.